The Kier molecular flexibility index (Phi) is 41.9. The van der Waals surface area contributed by atoms with E-state index in [1.807, 2.05) is 13.8 Å². The molecule has 0 aliphatic rings. The van der Waals surface area contributed by atoms with Crippen LogP contribution in [0, 0.1) is 0 Å². The van der Waals surface area contributed by atoms with Gasteiger partial charge in [0.05, 0.1) is 0 Å². The van der Waals surface area contributed by atoms with E-state index in [0.29, 0.717) is 6.42 Å². The minimum atomic E-state index is 0.0581. The molecule has 0 aromatic rings. The van der Waals surface area contributed by atoms with E-state index in [9.17, 15) is 4.79 Å². The van der Waals surface area contributed by atoms with E-state index in [-0.39, 0.29) is 12.1 Å². The Labute approximate surface area is 292 Å². The third kappa shape index (κ3) is 37.8. The van der Waals surface area contributed by atoms with Gasteiger partial charge in [-0.1, -0.05) is 169 Å². The minimum Gasteiger partial charge on any atom is -0.462 e. The predicted molar refractivity (Wildman–Crippen MR) is 207 cm³/mol. The molecule has 0 atom stereocenters. The van der Waals surface area contributed by atoms with Crippen molar-refractivity contribution in [2.45, 2.75) is 227 Å². The van der Waals surface area contributed by atoms with Crippen molar-refractivity contribution >= 4 is 5.97 Å². The molecule has 0 amide bonds. The van der Waals surface area contributed by atoms with Gasteiger partial charge >= 0.3 is 5.97 Å². The molecule has 0 fully saturated rings. The van der Waals surface area contributed by atoms with Crippen molar-refractivity contribution in [3.05, 3.63) is 0 Å². The highest BCUT2D eigenvalue weighted by molar-refractivity contribution is 5.69. The van der Waals surface area contributed by atoms with Gasteiger partial charge in [-0.3, -0.25) is 4.79 Å². The maximum atomic E-state index is 12.7. The molecule has 4 nitrogen and oxygen atoms in total. The summed E-state index contributed by atoms with van der Waals surface area (Å²) in [5.41, 5.74) is 0. The van der Waals surface area contributed by atoms with Crippen LogP contribution in [0.2, 0.25) is 0 Å². The van der Waals surface area contributed by atoms with Gasteiger partial charge in [-0.15, -0.1) is 0 Å². The van der Waals surface area contributed by atoms with E-state index in [1.165, 1.54) is 174 Å². The highest BCUT2D eigenvalue weighted by Gasteiger charge is 2.14. The second-order valence-electron chi connectivity index (χ2n) is 14.2. The topological polar surface area (TPSA) is 32.8 Å². The lowest BCUT2D eigenvalue weighted by Crippen LogP contribution is -2.33. The first-order valence-electron chi connectivity index (χ1n) is 21.1. The van der Waals surface area contributed by atoms with E-state index in [1.54, 1.807) is 0 Å². The van der Waals surface area contributed by atoms with Crippen molar-refractivity contribution in [1.82, 2.24) is 9.80 Å². The van der Waals surface area contributed by atoms with Crippen LogP contribution >= 0.6 is 0 Å². The lowest BCUT2D eigenvalue weighted by Gasteiger charge is -2.24. The molecule has 0 saturated heterocycles. The molecule has 4 heteroatoms. The number of hydrogen-bond acceptors (Lipinski definition) is 4. The number of carbonyl (C=O) groups is 1. The van der Waals surface area contributed by atoms with Gasteiger partial charge in [-0.25, -0.2) is 0 Å². The number of carbonyl (C=O) groups excluding carboxylic acids is 1. The van der Waals surface area contributed by atoms with Crippen molar-refractivity contribution in [2.24, 2.45) is 0 Å². The molecule has 0 aromatic heterocycles. The maximum absolute atomic E-state index is 12.7. The second-order valence-corrected chi connectivity index (χ2v) is 14.2. The van der Waals surface area contributed by atoms with Gasteiger partial charge in [0.25, 0.3) is 0 Å². The smallest absolute Gasteiger partial charge is 0.306 e. The van der Waals surface area contributed by atoms with Gasteiger partial charge in [-0.2, -0.15) is 0 Å². The SMILES string of the molecule is CC.CCCCCCCCCCCN(CCCCCCCC(=O)OC(CCCCCCCC)CCCCCCCC)CCN(C)C. The summed E-state index contributed by atoms with van der Waals surface area (Å²) in [7, 11) is 4.38. The van der Waals surface area contributed by atoms with Crippen molar-refractivity contribution < 1.29 is 9.53 Å². The summed E-state index contributed by atoms with van der Waals surface area (Å²) >= 11 is 0. The fraction of sp³-hybridized carbons (Fsp3) is 0.976. The molecule has 0 radical (unpaired) electrons. The predicted octanol–water partition coefficient (Wildman–Crippen LogP) is 13.2. The zero-order chi connectivity index (χ0) is 34.4. The number of esters is 1. The quantitative estimate of drug-likeness (QED) is 0.0498. The molecular weight excluding hydrogens is 564 g/mol. The Balaban J connectivity index is 0. The van der Waals surface area contributed by atoms with E-state index in [0.717, 1.165) is 32.2 Å². The van der Waals surface area contributed by atoms with Crippen molar-refractivity contribution in [1.29, 1.82) is 0 Å². The molecule has 0 saturated carbocycles. The summed E-state index contributed by atoms with van der Waals surface area (Å²) in [4.78, 5) is 17.7. The van der Waals surface area contributed by atoms with Gasteiger partial charge in [0, 0.05) is 19.5 Å². The highest BCUT2D eigenvalue weighted by atomic mass is 16.5. The molecule has 0 bridgehead atoms. The summed E-state index contributed by atoms with van der Waals surface area (Å²) in [5.74, 6) is 0.0581. The molecule has 0 aromatic carbocycles. The Morgan fingerprint density at radius 3 is 1.20 bits per heavy atom. The summed E-state index contributed by atoms with van der Waals surface area (Å²) < 4.78 is 6.05. The van der Waals surface area contributed by atoms with Crippen LogP contribution in [0.4, 0.5) is 0 Å². The fourth-order valence-corrected chi connectivity index (χ4v) is 6.27. The van der Waals surface area contributed by atoms with E-state index in [2.05, 4.69) is 44.7 Å². The zero-order valence-electron chi connectivity index (χ0n) is 33.1. The zero-order valence-corrected chi connectivity index (χ0v) is 33.1. The Morgan fingerprint density at radius 1 is 0.457 bits per heavy atom. The number of ether oxygens (including phenoxy) is 1. The van der Waals surface area contributed by atoms with Crippen LogP contribution in [0.3, 0.4) is 0 Å². The maximum Gasteiger partial charge on any atom is 0.306 e. The first kappa shape index (κ1) is 47.5. The van der Waals surface area contributed by atoms with Gasteiger partial charge in [0.1, 0.15) is 6.10 Å². The van der Waals surface area contributed by atoms with Crippen molar-refractivity contribution in [3.63, 3.8) is 0 Å². The van der Waals surface area contributed by atoms with E-state index in [4.69, 9.17) is 4.74 Å². The third-order valence-corrected chi connectivity index (χ3v) is 9.35. The second kappa shape index (κ2) is 40.6. The number of nitrogens with zero attached hydrogens (tertiary/aromatic N) is 2. The van der Waals surface area contributed by atoms with Crippen LogP contribution in [0.5, 0.6) is 0 Å². The van der Waals surface area contributed by atoms with Gasteiger partial charge < -0.3 is 14.5 Å². The van der Waals surface area contributed by atoms with Crippen LogP contribution in [-0.2, 0) is 9.53 Å². The molecule has 278 valence electrons. The Bertz CT molecular complexity index is 552. The summed E-state index contributed by atoms with van der Waals surface area (Å²) in [6.45, 7) is 15.7. The molecule has 0 aliphatic carbocycles. The monoisotopic (exact) mass is 653 g/mol. The van der Waals surface area contributed by atoms with Crippen LogP contribution in [0.15, 0.2) is 0 Å². The van der Waals surface area contributed by atoms with Crippen LogP contribution in [-0.4, -0.2) is 62.1 Å². The molecular formula is C42H88N2O2. The normalized spacial score (nSPS) is 11.4. The van der Waals surface area contributed by atoms with Gasteiger partial charge in [-0.05, 0) is 72.1 Å². The average molecular weight is 653 g/mol. The summed E-state index contributed by atoms with van der Waals surface area (Å²) in [6, 6.07) is 0. The lowest BCUT2D eigenvalue weighted by molar-refractivity contribution is -0.150. The number of unbranched alkanes of at least 4 members (excludes halogenated alkanes) is 22. The number of likely N-dealkylation sites (N-methyl/N-ethyl adjacent to an activating group) is 1. The first-order chi connectivity index (χ1) is 22.5. The third-order valence-electron chi connectivity index (χ3n) is 9.35. The molecule has 0 heterocycles. The summed E-state index contributed by atoms with van der Waals surface area (Å²) in [6.07, 6.45) is 37.1. The van der Waals surface area contributed by atoms with Crippen molar-refractivity contribution in [2.75, 3.05) is 40.3 Å². The van der Waals surface area contributed by atoms with Gasteiger partial charge in [0.2, 0.25) is 0 Å². The highest BCUT2D eigenvalue weighted by Crippen LogP contribution is 2.18. The van der Waals surface area contributed by atoms with Crippen LogP contribution in [0.25, 0.3) is 0 Å². The average Bonchev–Trinajstić information content (AvgIpc) is 3.05. The number of rotatable bonds is 36. The summed E-state index contributed by atoms with van der Waals surface area (Å²) in [5, 5.41) is 0. The fourth-order valence-electron chi connectivity index (χ4n) is 6.27. The standard InChI is InChI=1S/C40H82N2O2.C2H6/c1-6-9-12-15-18-19-20-25-30-35-42(38-37-41(4)5)36-31-26-21-24-29-34-40(43)44-39(32-27-22-16-13-10-7-2)33-28-23-17-14-11-8-3;1-2/h39H,6-38H2,1-5H3;1-2H3. The van der Waals surface area contributed by atoms with Gasteiger partial charge in [0.15, 0.2) is 0 Å². The minimum absolute atomic E-state index is 0.0581. The lowest BCUT2D eigenvalue weighted by atomic mass is 10.0. The molecule has 0 aliphatic heterocycles. The van der Waals surface area contributed by atoms with Crippen molar-refractivity contribution in [3.8, 4) is 0 Å². The molecule has 0 rings (SSSR count). The van der Waals surface area contributed by atoms with Crippen LogP contribution in [0.1, 0.15) is 221 Å². The first-order valence-corrected chi connectivity index (χ1v) is 21.1. The Morgan fingerprint density at radius 2 is 0.804 bits per heavy atom. The Hall–Kier alpha value is -0.610. The number of hydrogen-bond donors (Lipinski definition) is 0. The van der Waals surface area contributed by atoms with E-state index < -0.39 is 0 Å². The molecule has 46 heavy (non-hydrogen) atoms. The van der Waals surface area contributed by atoms with Crippen LogP contribution < -0.4 is 0 Å². The largest absolute Gasteiger partial charge is 0.462 e. The van der Waals surface area contributed by atoms with E-state index >= 15 is 0 Å². The molecule has 0 unspecified atom stereocenters. The molecule has 0 N–H and O–H groups in total. The molecule has 0 spiro atoms.